The average Bonchev–Trinajstić information content (AvgIpc) is 2.45. The maximum Gasteiger partial charge on any atom is 0.193 e. The monoisotopic (exact) mass is 439 g/mol. The SMILES string of the molecule is CCOc1cc(C)ccc1CN=C(N)Nc1cc(C)cc(C)c1.I. The lowest BCUT2D eigenvalue weighted by atomic mass is 10.1. The number of aliphatic imine (C=N–C) groups is 1. The molecule has 0 radical (unpaired) electrons. The van der Waals surface area contributed by atoms with Crippen LogP contribution in [-0.2, 0) is 6.54 Å². The second-order valence-corrected chi connectivity index (χ2v) is 5.75. The number of nitrogens with zero attached hydrogens (tertiary/aromatic N) is 1. The van der Waals surface area contributed by atoms with E-state index in [1.54, 1.807) is 0 Å². The molecule has 5 heteroatoms. The van der Waals surface area contributed by atoms with Gasteiger partial charge in [-0.25, -0.2) is 4.99 Å². The predicted molar refractivity (Wildman–Crippen MR) is 113 cm³/mol. The average molecular weight is 439 g/mol. The Labute approximate surface area is 161 Å². The van der Waals surface area contributed by atoms with E-state index in [2.05, 4.69) is 36.3 Å². The summed E-state index contributed by atoms with van der Waals surface area (Å²) >= 11 is 0. The van der Waals surface area contributed by atoms with Crippen molar-refractivity contribution >= 4 is 35.6 Å². The van der Waals surface area contributed by atoms with E-state index in [1.165, 1.54) is 16.7 Å². The van der Waals surface area contributed by atoms with Gasteiger partial charge in [-0.1, -0.05) is 18.2 Å². The molecule has 0 aromatic heterocycles. The Balaban J connectivity index is 0.00000288. The number of nitrogens with two attached hydrogens (primary N) is 1. The lowest BCUT2D eigenvalue weighted by Gasteiger charge is -2.11. The number of rotatable bonds is 5. The molecular weight excluding hydrogens is 413 g/mol. The largest absolute Gasteiger partial charge is 0.494 e. The molecule has 24 heavy (non-hydrogen) atoms. The highest BCUT2D eigenvalue weighted by atomic mass is 127. The van der Waals surface area contributed by atoms with Crippen LogP contribution in [0.3, 0.4) is 0 Å². The summed E-state index contributed by atoms with van der Waals surface area (Å²) in [4.78, 5) is 4.42. The van der Waals surface area contributed by atoms with Crippen LogP contribution in [0.15, 0.2) is 41.4 Å². The fourth-order valence-corrected chi connectivity index (χ4v) is 2.49. The molecule has 4 nitrogen and oxygen atoms in total. The molecule has 3 N–H and O–H groups in total. The predicted octanol–water partition coefficient (Wildman–Crippen LogP) is 4.56. The first-order valence-electron chi connectivity index (χ1n) is 7.85. The normalized spacial score (nSPS) is 10.9. The van der Waals surface area contributed by atoms with E-state index in [9.17, 15) is 0 Å². The van der Waals surface area contributed by atoms with Crippen LogP contribution in [-0.4, -0.2) is 12.6 Å². The van der Waals surface area contributed by atoms with Crippen molar-refractivity contribution in [1.82, 2.24) is 0 Å². The van der Waals surface area contributed by atoms with Gasteiger partial charge in [0.1, 0.15) is 5.75 Å². The quantitative estimate of drug-likeness (QED) is 0.408. The van der Waals surface area contributed by atoms with Crippen LogP contribution in [0.1, 0.15) is 29.2 Å². The molecule has 0 aliphatic rings. The van der Waals surface area contributed by atoms with Gasteiger partial charge in [0, 0.05) is 11.3 Å². The van der Waals surface area contributed by atoms with Gasteiger partial charge in [0.25, 0.3) is 0 Å². The first-order valence-corrected chi connectivity index (χ1v) is 7.85. The summed E-state index contributed by atoms with van der Waals surface area (Å²) in [5.41, 5.74) is 11.5. The van der Waals surface area contributed by atoms with E-state index in [1.807, 2.05) is 38.1 Å². The van der Waals surface area contributed by atoms with Gasteiger partial charge in [0.2, 0.25) is 0 Å². The zero-order chi connectivity index (χ0) is 16.8. The van der Waals surface area contributed by atoms with Crippen LogP contribution in [0.25, 0.3) is 0 Å². The Morgan fingerprint density at radius 3 is 2.33 bits per heavy atom. The van der Waals surface area contributed by atoms with Crippen LogP contribution in [0.5, 0.6) is 5.75 Å². The standard InChI is InChI=1S/C19H25N3O.HI/c1-5-23-18-11-13(2)6-7-16(18)12-21-19(20)22-17-9-14(3)8-15(4)10-17;/h6-11H,5,12H2,1-4H3,(H3,20,21,22);1H. The fraction of sp³-hybridized carbons (Fsp3) is 0.316. The maximum atomic E-state index is 6.01. The number of nitrogens with one attached hydrogen (secondary N) is 1. The Hall–Kier alpha value is -1.76. The number of guanidine groups is 1. The van der Waals surface area contributed by atoms with Crippen molar-refractivity contribution in [2.24, 2.45) is 10.7 Å². The fourth-order valence-electron chi connectivity index (χ4n) is 2.49. The molecule has 0 fully saturated rings. The van der Waals surface area contributed by atoms with E-state index in [-0.39, 0.29) is 24.0 Å². The minimum absolute atomic E-state index is 0. The third-order valence-corrected chi connectivity index (χ3v) is 3.44. The lowest BCUT2D eigenvalue weighted by Crippen LogP contribution is -2.22. The molecule has 0 aliphatic heterocycles. The van der Waals surface area contributed by atoms with Crippen molar-refractivity contribution in [2.75, 3.05) is 11.9 Å². The zero-order valence-corrected chi connectivity index (χ0v) is 17.0. The van der Waals surface area contributed by atoms with Crippen molar-refractivity contribution in [1.29, 1.82) is 0 Å². The number of hydrogen-bond donors (Lipinski definition) is 2. The second kappa shape index (κ2) is 9.52. The van der Waals surface area contributed by atoms with Gasteiger partial charge in [0.15, 0.2) is 5.96 Å². The summed E-state index contributed by atoms with van der Waals surface area (Å²) in [5.74, 6) is 1.27. The molecule has 0 bridgehead atoms. The van der Waals surface area contributed by atoms with Crippen LogP contribution >= 0.6 is 24.0 Å². The van der Waals surface area contributed by atoms with Gasteiger partial charge < -0.3 is 15.8 Å². The zero-order valence-electron chi connectivity index (χ0n) is 14.7. The van der Waals surface area contributed by atoms with E-state index in [4.69, 9.17) is 10.5 Å². The number of benzene rings is 2. The van der Waals surface area contributed by atoms with Gasteiger partial charge in [-0.05, 0) is 62.6 Å². The summed E-state index contributed by atoms with van der Waals surface area (Å²) in [6, 6.07) is 12.3. The molecule has 0 saturated carbocycles. The van der Waals surface area contributed by atoms with Crippen molar-refractivity contribution in [3.8, 4) is 5.75 Å². The Morgan fingerprint density at radius 2 is 1.71 bits per heavy atom. The van der Waals surface area contributed by atoms with Crippen molar-refractivity contribution < 1.29 is 4.74 Å². The molecule has 0 heterocycles. The molecule has 0 spiro atoms. The number of ether oxygens (including phenoxy) is 1. The smallest absolute Gasteiger partial charge is 0.193 e. The summed E-state index contributed by atoms with van der Waals surface area (Å²) in [6.07, 6.45) is 0. The number of aryl methyl sites for hydroxylation is 3. The molecule has 0 saturated heterocycles. The first kappa shape index (κ1) is 20.3. The van der Waals surface area contributed by atoms with Gasteiger partial charge in [-0.2, -0.15) is 0 Å². The van der Waals surface area contributed by atoms with E-state index < -0.39 is 0 Å². The summed E-state index contributed by atoms with van der Waals surface area (Å²) in [6.45, 7) is 9.27. The number of halogens is 1. The molecule has 0 amide bonds. The number of anilines is 1. The van der Waals surface area contributed by atoms with Crippen LogP contribution in [0.2, 0.25) is 0 Å². The van der Waals surface area contributed by atoms with Gasteiger partial charge in [-0.3, -0.25) is 0 Å². The summed E-state index contributed by atoms with van der Waals surface area (Å²) in [5, 5.41) is 3.14. The van der Waals surface area contributed by atoms with Crippen molar-refractivity contribution in [2.45, 2.75) is 34.2 Å². The molecule has 2 rings (SSSR count). The van der Waals surface area contributed by atoms with Gasteiger partial charge >= 0.3 is 0 Å². The first-order chi connectivity index (χ1) is 11.0. The molecular formula is C19H26IN3O. The molecule has 130 valence electrons. The Kier molecular flexibility index (Phi) is 8.04. The van der Waals surface area contributed by atoms with Crippen LogP contribution in [0.4, 0.5) is 5.69 Å². The topological polar surface area (TPSA) is 59.6 Å². The van der Waals surface area contributed by atoms with Crippen LogP contribution < -0.4 is 15.8 Å². The van der Waals surface area contributed by atoms with E-state index in [0.717, 1.165) is 17.0 Å². The van der Waals surface area contributed by atoms with Gasteiger partial charge in [-0.15, -0.1) is 24.0 Å². The summed E-state index contributed by atoms with van der Waals surface area (Å²) in [7, 11) is 0. The third-order valence-electron chi connectivity index (χ3n) is 3.44. The van der Waals surface area contributed by atoms with Crippen molar-refractivity contribution in [3.05, 3.63) is 58.7 Å². The van der Waals surface area contributed by atoms with Crippen LogP contribution in [0, 0.1) is 20.8 Å². The molecule has 0 atom stereocenters. The Bertz CT molecular complexity index is 694. The highest BCUT2D eigenvalue weighted by molar-refractivity contribution is 14.0. The molecule has 2 aromatic carbocycles. The molecule has 2 aromatic rings. The summed E-state index contributed by atoms with van der Waals surface area (Å²) < 4.78 is 5.67. The molecule has 0 aliphatic carbocycles. The Morgan fingerprint density at radius 1 is 1.04 bits per heavy atom. The van der Waals surface area contributed by atoms with E-state index in [0.29, 0.717) is 19.1 Å². The third kappa shape index (κ3) is 6.03. The molecule has 0 unspecified atom stereocenters. The number of hydrogen-bond acceptors (Lipinski definition) is 2. The second-order valence-electron chi connectivity index (χ2n) is 5.75. The van der Waals surface area contributed by atoms with Gasteiger partial charge in [0.05, 0.1) is 13.2 Å². The minimum Gasteiger partial charge on any atom is -0.494 e. The lowest BCUT2D eigenvalue weighted by molar-refractivity contribution is 0.336. The van der Waals surface area contributed by atoms with Crippen molar-refractivity contribution in [3.63, 3.8) is 0 Å². The maximum absolute atomic E-state index is 6.01. The highest BCUT2D eigenvalue weighted by Crippen LogP contribution is 2.21. The minimum atomic E-state index is 0. The highest BCUT2D eigenvalue weighted by Gasteiger charge is 2.04. The van der Waals surface area contributed by atoms with E-state index >= 15 is 0 Å².